The van der Waals surface area contributed by atoms with Gasteiger partial charge in [-0.05, 0) is 55.6 Å². The summed E-state index contributed by atoms with van der Waals surface area (Å²) < 4.78 is 10.7. The Balaban J connectivity index is 1.18. The van der Waals surface area contributed by atoms with Gasteiger partial charge in [0.25, 0.3) is 5.91 Å². The molecule has 1 fully saturated rings. The second kappa shape index (κ2) is 10.5. The molecule has 2 aromatic rings. The molecule has 1 saturated heterocycles. The van der Waals surface area contributed by atoms with Crippen LogP contribution in [0.5, 0.6) is 11.5 Å². The zero-order valence-electron chi connectivity index (χ0n) is 18.6. The first-order valence-electron chi connectivity index (χ1n) is 11.3. The molecule has 2 aromatic carbocycles. The highest BCUT2D eigenvalue weighted by molar-refractivity contribution is 5.97. The lowest BCUT2D eigenvalue weighted by molar-refractivity contribution is -0.122. The fourth-order valence-corrected chi connectivity index (χ4v) is 4.40. The molecule has 2 aliphatic rings. The van der Waals surface area contributed by atoms with Gasteiger partial charge in [0.05, 0.1) is 19.2 Å². The van der Waals surface area contributed by atoms with Crippen LogP contribution in [0.4, 0.5) is 5.69 Å². The van der Waals surface area contributed by atoms with E-state index in [0.717, 1.165) is 61.6 Å². The van der Waals surface area contributed by atoms with Gasteiger partial charge in [0.1, 0.15) is 11.5 Å². The van der Waals surface area contributed by atoms with Crippen LogP contribution in [0.15, 0.2) is 48.5 Å². The molecular formula is C25H31N3O4. The van der Waals surface area contributed by atoms with Gasteiger partial charge in [0, 0.05) is 25.7 Å². The van der Waals surface area contributed by atoms with Crippen molar-refractivity contribution in [2.75, 3.05) is 44.8 Å². The van der Waals surface area contributed by atoms with E-state index < -0.39 is 0 Å². The van der Waals surface area contributed by atoms with Crippen molar-refractivity contribution >= 4 is 17.5 Å². The van der Waals surface area contributed by atoms with Crippen LogP contribution in [0.2, 0.25) is 0 Å². The number of fused-ring (bicyclic) bond motifs is 1. The SMILES string of the molecule is COc1cccc(CC(=O)NC2CCN(CCCN3C(=O)COc4ccccc43)CC2)c1. The summed E-state index contributed by atoms with van der Waals surface area (Å²) in [5.74, 6) is 1.62. The molecule has 0 unspecified atom stereocenters. The predicted molar refractivity (Wildman–Crippen MR) is 123 cm³/mol. The maximum absolute atomic E-state index is 12.4. The smallest absolute Gasteiger partial charge is 0.265 e. The first-order chi connectivity index (χ1) is 15.6. The van der Waals surface area contributed by atoms with Crippen molar-refractivity contribution in [3.05, 3.63) is 54.1 Å². The maximum atomic E-state index is 12.4. The number of piperidine rings is 1. The minimum absolute atomic E-state index is 0.0150. The highest BCUT2D eigenvalue weighted by Crippen LogP contribution is 2.31. The van der Waals surface area contributed by atoms with E-state index in [0.29, 0.717) is 13.0 Å². The van der Waals surface area contributed by atoms with Crippen LogP contribution in [0, 0.1) is 0 Å². The fraction of sp³-hybridized carbons (Fsp3) is 0.440. The topological polar surface area (TPSA) is 71.1 Å². The first-order valence-corrected chi connectivity index (χ1v) is 11.3. The van der Waals surface area contributed by atoms with E-state index >= 15 is 0 Å². The minimum Gasteiger partial charge on any atom is -0.497 e. The molecule has 0 bridgehead atoms. The van der Waals surface area contributed by atoms with Gasteiger partial charge in [-0.2, -0.15) is 0 Å². The molecule has 0 aromatic heterocycles. The number of likely N-dealkylation sites (tertiary alicyclic amines) is 1. The molecule has 7 nitrogen and oxygen atoms in total. The quantitative estimate of drug-likeness (QED) is 0.688. The van der Waals surface area contributed by atoms with Crippen molar-refractivity contribution in [1.29, 1.82) is 0 Å². The van der Waals surface area contributed by atoms with Crippen LogP contribution < -0.4 is 19.7 Å². The average Bonchev–Trinajstić information content (AvgIpc) is 2.81. The summed E-state index contributed by atoms with van der Waals surface area (Å²) in [6, 6.07) is 15.6. The number of nitrogens with one attached hydrogen (secondary N) is 1. The number of hydrogen-bond acceptors (Lipinski definition) is 5. The van der Waals surface area contributed by atoms with Crippen LogP contribution >= 0.6 is 0 Å². The number of ether oxygens (including phenoxy) is 2. The predicted octanol–water partition coefficient (Wildman–Crippen LogP) is 2.63. The third-order valence-corrected chi connectivity index (χ3v) is 6.12. The Morgan fingerprint density at radius 3 is 2.75 bits per heavy atom. The molecule has 0 saturated carbocycles. The molecular weight excluding hydrogens is 406 g/mol. The Hall–Kier alpha value is -3.06. The summed E-state index contributed by atoms with van der Waals surface area (Å²) in [6.07, 6.45) is 3.17. The number of rotatable bonds is 8. The van der Waals surface area contributed by atoms with Gasteiger partial charge in [-0.15, -0.1) is 0 Å². The first kappa shape index (κ1) is 22.1. The molecule has 0 spiro atoms. The van der Waals surface area contributed by atoms with Crippen LogP contribution in [0.3, 0.4) is 0 Å². The third-order valence-electron chi connectivity index (χ3n) is 6.12. The Labute approximate surface area is 189 Å². The molecule has 0 aliphatic carbocycles. The van der Waals surface area contributed by atoms with E-state index in [2.05, 4.69) is 10.2 Å². The van der Waals surface area contributed by atoms with Crippen LogP contribution in [0.1, 0.15) is 24.8 Å². The largest absolute Gasteiger partial charge is 0.497 e. The normalized spacial score (nSPS) is 16.9. The number of methoxy groups -OCH3 is 1. The molecule has 2 amide bonds. The number of anilines is 1. The number of carbonyl (C=O) groups is 2. The summed E-state index contributed by atoms with van der Waals surface area (Å²) in [7, 11) is 1.63. The van der Waals surface area contributed by atoms with E-state index in [1.165, 1.54) is 0 Å². The zero-order valence-corrected chi connectivity index (χ0v) is 18.6. The lowest BCUT2D eigenvalue weighted by Crippen LogP contribution is -2.46. The van der Waals surface area contributed by atoms with E-state index in [1.807, 2.05) is 53.4 Å². The van der Waals surface area contributed by atoms with E-state index in [1.54, 1.807) is 7.11 Å². The number of carbonyl (C=O) groups excluding carboxylic acids is 2. The summed E-state index contributed by atoms with van der Waals surface area (Å²) in [6.45, 7) is 3.65. The molecule has 1 N–H and O–H groups in total. The molecule has 32 heavy (non-hydrogen) atoms. The van der Waals surface area contributed by atoms with Gasteiger partial charge < -0.3 is 24.6 Å². The van der Waals surface area contributed by atoms with Gasteiger partial charge in [0.15, 0.2) is 6.61 Å². The van der Waals surface area contributed by atoms with Crippen LogP contribution in [-0.4, -0.2) is 62.7 Å². The average molecular weight is 438 g/mol. The zero-order chi connectivity index (χ0) is 22.3. The third kappa shape index (κ3) is 5.59. The highest BCUT2D eigenvalue weighted by atomic mass is 16.5. The number of hydrogen-bond donors (Lipinski definition) is 1. The number of benzene rings is 2. The molecule has 4 rings (SSSR count). The second-order valence-corrected chi connectivity index (χ2v) is 8.37. The van der Waals surface area contributed by atoms with Crippen molar-refractivity contribution < 1.29 is 19.1 Å². The number of para-hydroxylation sites is 2. The van der Waals surface area contributed by atoms with Crippen molar-refractivity contribution in [3.8, 4) is 11.5 Å². The maximum Gasteiger partial charge on any atom is 0.265 e. The monoisotopic (exact) mass is 437 g/mol. The Morgan fingerprint density at radius 1 is 1.12 bits per heavy atom. The highest BCUT2D eigenvalue weighted by Gasteiger charge is 2.25. The Kier molecular flexibility index (Phi) is 7.27. The summed E-state index contributed by atoms with van der Waals surface area (Å²) in [5, 5.41) is 3.18. The Bertz CT molecular complexity index is 940. The van der Waals surface area contributed by atoms with Crippen molar-refractivity contribution in [3.63, 3.8) is 0 Å². The lowest BCUT2D eigenvalue weighted by Gasteiger charge is -2.33. The molecule has 2 aliphatic heterocycles. The number of amides is 2. The van der Waals surface area contributed by atoms with Crippen LogP contribution in [-0.2, 0) is 16.0 Å². The number of nitrogens with zero attached hydrogens (tertiary/aromatic N) is 2. The Morgan fingerprint density at radius 2 is 1.94 bits per heavy atom. The molecule has 7 heteroatoms. The molecule has 0 radical (unpaired) electrons. The minimum atomic E-state index is 0.0150. The summed E-state index contributed by atoms with van der Waals surface area (Å²) >= 11 is 0. The van der Waals surface area contributed by atoms with E-state index in [9.17, 15) is 9.59 Å². The van der Waals surface area contributed by atoms with Crippen LogP contribution in [0.25, 0.3) is 0 Å². The van der Waals surface area contributed by atoms with Crippen molar-refractivity contribution in [2.24, 2.45) is 0 Å². The molecule has 0 atom stereocenters. The van der Waals surface area contributed by atoms with Crippen molar-refractivity contribution in [2.45, 2.75) is 31.7 Å². The van der Waals surface area contributed by atoms with E-state index in [-0.39, 0.29) is 24.5 Å². The van der Waals surface area contributed by atoms with Gasteiger partial charge in [-0.3, -0.25) is 9.59 Å². The van der Waals surface area contributed by atoms with Gasteiger partial charge >= 0.3 is 0 Å². The second-order valence-electron chi connectivity index (χ2n) is 8.37. The standard InChI is InChI=1S/C25H31N3O4/c1-31-21-7-4-6-19(16-21)17-24(29)26-20-10-14-27(15-11-20)12-5-13-28-22-8-2-3-9-23(22)32-18-25(28)30/h2-4,6-9,16,20H,5,10-15,17-18H2,1H3,(H,26,29). The van der Waals surface area contributed by atoms with E-state index in [4.69, 9.17) is 9.47 Å². The van der Waals surface area contributed by atoms with Gasteiger partial charge in [-0.25, -0.2) is 0 Å². The van der Waals surface area contributed by atoms with Crippen molar-refractivity contribution in [1.82, 2.24) is 10.2 Å². The fourth-order valence-electron chi connectivity index (χ4n) is 4.40. The summed E-state index contributed by atoms with van der Waals surface area (Å²) in [4.78, 5) is 29.0. The summed E-state index contributed by atoms with van der Waals surface area (Å²) in [5.41, 5.74) is 1.82. The van der Waals surface area contributed by atoms with Gasteiger partial charge in [0.2, 0.25) is 5.91 Å². The lowest BCUT2D eigenvalue weighted by atomic mass is 10.0. The molecule has 170 valence electrons. The molecule has 2 heterocycles. The van der Waals surface area contributed by atoms with Gasteiger partial charge in [-0.1, -0.05) is 24.3 Å².